The number of methoxy groups -OCH3 is 1. The highest BCUT2D eigenvalue weighted by Gasteiger charge is 2.19. The molecule has 170 valence electrons. The summed E-state index contributed by atoms with van der Waals surface area (Å²) in [5.41, 5.74) is 5.38. The molecule has 0 aliphatic carbocycles. The topological polar surface area (TPSA) is 132 Å². The second kappa shape index (κ2) is 10.6. The number of benzene rings is 3. The van der Waals surface area contributed by atoms with Crippen LogP contribution in [0.15, 0.2) is 66.7 Å². The number of amides is 2. The number of para-hydroxylation sites is 1. The molecule has 0 fully saturated rings. The van der Waals surface area contributed by atoms with E-state index in [1.165, 1.54) is 31.4 Å². The third kappa shape index (κ3) is 5.76. The lowest BCUT2D eigenvalue weighted by atomic mass is 10.1. The molecule has 3 rings (SSSR count). The van der Waals surface area contributed by atoms with Crippen molar-refractivity contribution >= 4 is 28.9 Å². The predicted octanol–water partition coefficient (Wildman–Crippen LogP) is 3.82. The number of nitro benzene ring substituents is 1. The molecule has 0 bridgehead atoms. The average molecular weight is 450 g/mol. The first-order valence-corrected chi connectivity index (χ1v) is 9.95. The van der Waals surface area contributed by atoms with Crippen LogP contribution < -0.4 is 25.6 Å². The van der Waals surface area contributed by atoms with Crippen molar-refractivity contribution in [1.82, 2.24) is 10.9 Å². The summed E-state index contributed by atoms with van der Waals surface area (Å²) >= 11 is 0. The highest BCUT2D eigenvalue weighted by molar-refractivity contribution is 6.00. The SMILES string of the molecule is CCOc1ccc(C(=O)NNC(=O)c2ccc(Nc3ccccc3)c([N+](=O)[O-])c2)cc1OC. The van der Waals surface area contributed by atoms with Crippen LogP contribution in [0.25, 0.3) is 0 Å². The van der Waals surface area contributed by atoms with Crippen LogP contribution in [0.1, 0.15) is 27.6 Å². The maximum absolute atomic E-state index is 12.5. The number of nitrogens with zero attached hydrogens (tertiary/aromatic N) is 1. The van der Waals surface area contributed by atoms with Crippen molar-refractivity contribution in [2.24, 2.45) is 0 Å². The second-order valence-corrected chi connectivity index (χ2v) is 6.69. The molecule has 10 heteroatoms. The normalized spacial score (nSPS) is 10.1. The van der Waals surface area contributed by atoms with Crippen LogP contribution in [0.4, 0.5) is 17.1 Å². The van der Waals surface area contributed by atoms with Gasteiger partial charge >= 0.3 is 0 Å². The standard InChI is InChI=1S/C23H22N4O6/c1-3-33-20-12-10-16(14-21(20)32-2)23(29)26-25-22(28)15-9-11-18(19(13-15)27(30)31)24-17-7-5-4-6-8-17/h4-14,24H,3H2,1-2H3,(H,25,28)(H,26,29). The molecule has 0 saturated heterocycles. The monoisotopic (exact) mass is 450 g/mol. The number of carbonyl (C=O) groups is 2. The largest absolute Gasteiger partial charge is 0.493 e. The van der Waals surface area contributed by atoms with E-state index >= 15 is 0 Å². The van der Waals surface area contributed by atoms with Crippen LogP contribution in [0, 0.1) is 10.1 Å². The van der Waals surface area contributed by atoms with Gasteiger partial charge in [0.05, 0.1) is 18.6 Å². The molecular formula is C23H22N4O6. The number of rotatable bonds is 8. The third-order valence-corrected chi connectivity index (χ3v) is 4.52. The van der Waals surface area contributed by atoms with Gasteiger partial charge in [0.15, 0.2) is 11.5 Å². The van der Waals surface area contributed by atoms with Crippen molar-refractivity contribution < 1.29 is 24.0 Å². The maximum Gasteiger partial charge on any atom is 0.293 e. The molecule has 0 saturated carbocycles. The van der Waals surface area contributed by atoms with Crippen molar-refractivity contribution in [3.05, 3.63) is 88.0 Å². The van der Waals surface area contributed by atoms with Gasteiger partial charge in [-0.05, 0) is 49.4 Å². The molecule has 0 atom stereocenters. The van der Waals surface area contributed by atoms with Gasteiger partial charge in [-0.2, -0.15) is 0 Å². The summed E-state index contributed by atoms with van der Waals surface area (Å²) in [6, 6.07) is 17.5. The molecule has 33 heavy (non-hydrogen) atoms. The molecular weight excluding hydrogens is 428 g/mol. The van der Waals surface area contributed by atoms with Gasteiger partial charge in [0.25, 0.3) is 17.5 Å². The number of carbonyl (C=O) groups excluding carboxylic acids is 2. The number of hydrogen-bond donors (Lipinski definition) is 3. The van der Waals surface area contributed by atoms with E-state index in [-0.39, 0.29) is 22.5 Å². The first-order chi connectivity index (χ1) is 15.9. The number of ether oxygens (including phenoxy) is 2. The van der Waals surface area contributed by atoms with E-state index in [0.29, 0.717) is 23.8 Å². The van der Waals surface area contributed by atoms with Gasteiger partial charge in [-0.25, -0.2) is 0 Å². The van der Waals surface area contributed by atoms with Gasteiger partial charge in [-0.15, -0.1) is 0 Å². The van der Waals surface area contributed by atoms with E-state index in [0.717, 1.165) is 6.07 Å². The average Bonchev–Trinajstić information content (AvgIpc) is 2.83. The van der Waals surface area contributed by atoms with Gasteiger partial charge in [0.2, 0.25) is 0 Å². The van der Waals surface area contributed by atoms with Gasteiger partial charge in [0, 0.05) is 22.9 Å². The lowest BCUT2D eigenvalue weighted by molar-refractivity contribution is -0.383. The zero-order valence-electron chi connectivity index (χ0n) is 18.0. The van der Waals surface area contributed by atoms with E-state index in [2.05, 4.69) is 16.2 Å². The summed E-state index contributed by atoms with van der Waals surface area (Å²) < 4.78 is 10.6. The summed E-state index contributed by atoms with van der Waals surface area (Å²) in [6.45, 7) is 2.26. The molecule has 0 unspecified atom stereocenters. The van der Waals surface area contributed by atoms with Crippen LogP contribution >= 0.6 is 0 Å². The predicted molar refractivity (Wildman–Crippen MR) is 122 cm³/mol. The summed E-state index contributed by atoms with van der Waals surface area (Å²) in [6.07, 6.45) is 0. The molecule has 0 aliphatic rings. The molecule has 0 aliphatic heterocycles. The molecule has 0 heterocycles. The van der Waals surface area contributed by atoms with Crippen LogP contribution in [-0.4, -0.2) is 30.5 Å². The molecule has 3 aromatic rings. The molecule has 2 amide bonds. The summed E-state index contributed by atoms with van der Waals surface area (Å²) in [4.78, 5) is 35.8. The van der Waals surface area contributed by atoms with Crippen molar-refractivity contribution in [1.29, 1.82) is 0 Å². The minimum absolute atomic E-state index is 0.00452. The molecule has 10 nitrogen and oxygen atoms in total. The minimum atomic E-state index is -0.712. The molecule has 3 aromatic carbocycles. The van der Waals surface area contributed by atoms with Gasteiger partial charge in [-0.1, -0.05) is 18.2 Å². The van der Waals surface area contributed by atoms with Crippen molar-refractivity contribution in [3.8, 4) is 11.5 Å². The highest BCUT2D eigenvalue weighted by Crippen LogP contribution is 2.29. The first kappa shape index (κ1) is 23.1. The van der Waals surface area contributed by atoms with E-state index in [4.69, 9.17) is 9.47 Å². The molecule has 3 N–H and O–H groups in total. The molecule has 0 radical (unpaired) electrons. The molecule has 0 spiro atoms. The van der Waals surface area contributed by atoms with Crippen molar-refractivity contribution in [3.63, 3.8) is 0 Å². The van der Waals surface area contributed by atoms with E-state index in [1.807, 2.05) is 13.0 Å². The van der Waals surface area contributed by atoms with E-state index in [1.54, 1.807) is 30.3 Å². The Hall–Kier alpha value is -4.60. The Morgan fingerprint density at radius 2 is 1.55 bits per heavy atom. The van der Waals surface area contributed by atoms with Gasteiger partial charge in [0.1, 0.15) is 5.69 Å². The van der Waals surface area contributed by atoms with Crippen LogP contribution in [0.5, 0.6) is 11.5 Å². The fourth-order valence-corrected chi connectivity index (χ4v) is 2.95. The summed E-state index contributed by atoms with van der Waals surface area (Å²) in [7, 11) is 1.45. The number of hydrazine groups is 1. The van der Waals surface area contributed by atoms with Gasteiger partial charge < -0.3 is 14.8 Å². The summed E-state index contributed by atoms with van der Waals surface area (Å²) in [5, 5.41) is 14.5. The van der Waals surface area contributed by atoms with E-state index < -0.39 is 16.7 Å². The first-order valence-electron chi connectivity index (χ1n) is 9.95. The summed E-state index contributed by atoms with van der Waals surface area (Å²) in [5.74, 6) is -0.456. The number of anilines is 2. The number of nitro groups is 1. The molecule has 0 aromatic heterocycles. The van der Waals surface area contributed by atoms with Gasteiger partial charge in [-0.3, -0.25) is 30.6 Å². The zero-order chi connectivity index (χ0) is 23.8. The zero-order valence-corrected chi connectivity index (χ0v) is 18.0. The van der Waals surface area contributed by atoms with Crippen LogP contribution in [0.3, 0.4) is 0 Å². The van der Waals surface area contributed by atoms with E-state index in [9.17, 15) is 19.7 Å². The van der Waals surface area contributed by atoms with Crippen molar-refractivity contribution in [2.75, 3.05) is 19.0 Å². The Morgan fingerprint density at radius 3 is 2.15 bits per heavy atom. The Morgan fingerprint density at radius 1 is 0.909 bits per heavy atom. The quantitative estimate of drug-likeness (QED) is 0.351. The highest BCUT2D eigenvalue weighted by atomic mass is 16.6. The fourth-order valence-electron chi connectivity index (χ4n) is 2.95. The van der Waals surface area contributed by atoms with Crippen LogP contribution in [-0.2, 0) is 0 Å². The lowest BCUT2D eigenvalue weighted by Crippen LogP contribution is -2.41. The minimum Gasteiger partial charge on any atom is -0.493 e. The van der Waals surface area contributed by atoms with Crippen LogP contribution in [0.2, 0.25) is 0 Å². The Bertz CT molecular complexity index is 1170. The Balaban J connectivity index is 1.70. The smallest absolute Gasteiger partial charge is 0.293 e. The lowest BCUT2D eigenvalue weighted by Gasteiger charge is -2.12. The fraction of sp³-hybridized carbons (Fsp3) is 0.130. The Labute approximate surface area is 189 Å². The number of hydrogen-bond acceptors (Lipinski definition) is 7. The third-order valence-electron chi connectivity index (χ3n) is 4.52. The number of nitrogens with one attached hydrogen (secondary N) is 3. The Kier molecular flexibility index (Phi) is 7.43. The second-order valence-electron chi connectivity index (χ2n) is 6.69. The maximum atomic E-state index is 12.5. The van der Waals surface area contributed by atoms with Crippen molar-refractivity contribution in [2.45, 2.75) is 6.92 Å².